The molecule has 4 atom stereocenters. The van der Waals surface area contributed by atoms with Crippen LogP contribution in [0.3, 0.4) is 0 Å². The minimum Gasteiger partial charge on any atom is -0.488 e. The third-order valence-electron chi connectivity index (χ3n) is 7.83. The van der Waals surface area contributed by atoms with Gasteiger partial charge in [-0.3, -0.25) is 4.79 Å². The molecule has 2 fully saturated rings. The second kappa shape index (κ2) is 11.1. The number of hydrogen-bond acceptors (Lipinski definition) is 5. The highest BCUT2D eigenvalue weighted by Crippen LogP contribution is 2.43. The number of fused-ring (bicyclic) bond motifs is 9. The lowest BCUT2D eigenvalue weighted by atomic mass is 9.88. The number of halogens is 3. The van der Waals surface area contributed by atoms with Crippen molar-refractivity contribution >= 4 is 29.2 Å². The molecule has 3 aromatic rings. The number of rotatable bonds is 5. The van der Waals surface area contributed by atoms with Crippen LogP contribution in [0.1, 0.15) is 42.7 Å². The van der Waals surface area contributed by atoms with Crippen LogP contribution in [0.2, 0.25) is 0 Å². The van der Waals surface area contributed by atoms with E-state index < -0.39 is 23.4 Å². The largest absolute Gasteiger partial charge is 0.488 e. The van der Waals surface area contributed by atoms with Crippen LogP contribution >= 0.6 is 11.9 Å². The van der Waals surface area contributed by atoms with Gasteiger partial charge in [0.1, 0.15) is 24.1 Å². The summed E-state index contributed by atoms with van der Waals surface area (Å²) in [7, 11) is 0. The standard InChI is InChI=1S/C30H30F3N3O2S/c31-21-8-6-19(7-9-21)26(20-13-22(32)15-23(33)14-20)16-29(37)34-27-4-1-5-28-30(27)38-18-25-10-11-35(28)24-3-2-12-39-36(25)17-24/h1,4-9,13-15,24-26H,2-3,10-12,16-18H2,(H,34,37). The Morgan fingerprint density at radius 2 is 1.77 bits per heavy atom. The highest BCUT2D eigenvalue weighted by molar-refractivity contribution is 7.97. The number of amides is 1. The van der Waals surface area contributed by atoms with Crippen LogP contribution in [-0.4, -0.2) is 47.7 Å². The second-order valence-corrected chi connectivity index (χ2v) is 11.5. The summed E-state index contributed by atoms with van der Waals surface area (Å²) in [5.74, 6) is -1.12. The first-order valence-corrected chi connectivity index (χ1v) is 14.3. The van der Waals surface area contributed by atoms with Crippen LogP contribution in [0, 0.1) is 17.5 Å². The fourth-order valence-corrected chi connectivity index (χ4v) is 7.11. The molecule has 39 heavy (non-hydrogen) atoms. The van der Waals surface area contributed by atoms with Gasteiger partial charge in [-0.1, -0.05) is 30.1 Å². The zero-order chi connectivity index (χ0) is 26.9. The number of carbonyl (C=O) groups excluding carboxylic acids is 1. The molecule has 2 saturated heterocycles. The Kier molecular flexibility index (Phi) is 7.44. The molecule has 3 aliphatic heterocycles. The quantitative estimate of drug-likeness (QED) is 0.373. The maximum absolute atomic E-state index is 14.1. The van der Waals surface area contributed by atoms with Gasteiger partial charge in [0.15, 0.2) is 5.75 Å². The molecule has 0 aliphatic carbocycles. The van der Waals surface area contributed by atoms with Crippen molar-refractivity contribution in [2.45, 2.75) is 43.7 Å². The van der Waals surface area contributed by atoms with Gasteiger partial charge in [0, 0.05) is 43.3 Å². The molecule has 9 heteroatoms. The predicted octanol–water partition coefficient (Wildman–Crippen LogP) is 6.35. The molecule has 0 spiro atoms. The van der Waals surface area contributed by atoms with Gasteiger partial charge in [-0.2, -0.15) is 0 Å². The molecule has 0 radical (unpaired) electrons. The summed E-state index contributed by atoms with van der Waals surface area (Å²) >= 11 is 1.91. The molecule has 5 nitrogen and oxygen atoms in total. The Bertz CT molecular complexity index is 1340. The lowest BCUT2D eigenvalue weighted by Crippen LogP contribution is -2.39. The minimum atomic E-state index is -0.731. The van der Waals surface area contributed by atoms with E-state index >= 15 is 0 Å². The van der Waals surface area contributed by atoms with Gasteiger partial charge in [0.25, 0.3) is 0 Å². The van der Waals surface area contributed by atoms with Crippen LogP contribution in [0.5, 0.6) is 5.75 Å². The Hall–Kier alpha value is -3.17. The first kappa shape index (κ1) is 26.1. The molecule has 1 N–H and O–H groups in total. The Morgan fingerprint density at radius 1 is 0.974 bits per heavy atom. The van der Waals surface area contributed by atoms with Gasteiger partial charge < -0.3 is 15.0 Å². The van der Waals surface area contributed by atoms with Crippen molar-refractivity contribution < 1.29 is 22.7 Å². The average Bonchev–Trinajstić information content (AvgIpc) is 3.22. The third-order valence-corrected chi connectivity index (χ3v) is 9.08. The van der Waals surface area contributed by atoms with Gasteiger partial charge in [0.2, 0.25) is 5.91 Å². The van der Waals surface area contributed by atoms with Crippen molar-refractivity contribution in [3.63, 3.8) is 0 Å². The van der Waals surface area contributed by atoms with Crippen LogP contribution in [0.4, 0.5) is 24.5 Å². The minimum absolute atomic E-state index is 0.0857. The number of ether oxygens (including phenoxy) is 1. The molecule has 3 aliphatic rings. The summed E-state index contributed by atoms with van der Waals surface area (Å²) in [5.41, 5.74) is 2.45. The number of benzene rings is 3. The number of nitrogens with one attached hydrogen (secondary N) is 1. The van der Waals surface area contributed by atoms with E-state index in [1.807, 2.05) is 24.1 Å². The summed E-state index contributed by atoms with van der Waals surface area (Å²) < 4.78 is 50.7. The summed E-state index contributed by atoms with van der Waals surface area (Å²) in [5, 5.41) is 3.01. The van der Waals surface area contributed by atoms with Gasteiger partial charge >= 0.3 is 0 Å². The number of anilines is 2. The maximum Gasteiger partial charge on any atom is 0.225 e. The van der Waals surface area contributed by atoms with Gasteiger partial charge in [-0.25, -0.2) is 17.5 Å². The zero-order valence-electron chi connectivity index (χ0n) is 21.4. The van der Waals surface area contributed by atoms with E-state index in [1.54, 1.807) is 12.1 Å². The topological polar surface area (TPSA) is 44.8 Å². The second-order valence-electron chi connectivity index (χ2n) is 10.4. The Morgan fingerprint density at radius 3 is 2.56 bits per heavy atom. The van der Waals surface area contributed by atoms with Crippen molar-refractivity contribution in [2.75, 3.05) is 35.7 Å². The van der Waals surface area contributed by atoms with E-state index in [4.69, 9.17) is 4.74 Å². The van der Waals surface area contributed by atoms with Gasteiger partial charge in [0.05, 0.1) is 17.4 Å². The molecule has 0 aromatic heterocycles. The molecule has 204 valence electrons. The van der Waals surface area contributed by atoms with E-state index in [0.717, 1.165) is 49.9 Å². The average molecular weight is 554 g/mol. The molecule has 4 bridgehead atoms. The lowest BCUT2D eigenvalue weighted by molar-refractivity contribution is -0.116. The summed E-state index contributed by atoms with van der Waals surface area (Å²) in [6, 6.07) is 15.3. The third kappa shape index (κ3) is 5.61. The summed E-state index contributed by atoms with van der Waals surface area (Å²) in [6.07, 6.45) is 3.20. The van der Waals surface area contributed by atoms with Crippen molar-refractivity contribution in [1.29, 1.82) is 0 Å². The van der Waals surface area contributed by atoms with Crippen LogP contribution in [0.25, 0.3) is 0 Å². The highest BCUT2D eigenvalue weighted by Gasteiger charge is 2.36. The maximum atomic E-state index is 14.1. The highest BCUT2D eigenvalue weighted by atomic mass is 32.2. The monoisotopic (exact) mass is 553 g/mol. The predicted molar refractivity (Wildman–Crippen MR) is 148 cm³/mol. The van der Waals surface area contributed by atoms with Crippen molar-refractivity contribution in [2.24, 2.45) is 0 Å². The van der Waals surface area contributed by atoms with Gasteiger partial charge in [-0.05, 0) is 66.8 Å². The molecule has 6 rings (SSSR count). The van der Waals surface area contributed by atoms with Crippen molar-refractivity contribution in [3.8, 4) is 5.75 Å². The molecule has 3 heterocycles. The van der Waals surface area contributed by atoms with Crippen LogP contribution in [0.15, 0.2) is 60.7 Å². The van der Waals surface area contributed by atoms with Crippen LogP contribution < -0.4 is 15.0 Å². The lowest BCUT2D eigenvalue weighted by Gasteiger charge is -2.34. The molecular formula is C30H30F3N3O2S. The fraction of sp³-hybridized carbons (Fsp3) is 0.367. The van der Waals surface area contributed by atoms with Crippen molar-refractivity contribution in [1.82, 2.24) is 4.31 Å². The zero-order valence-corrected chi connectivity index (χ0v) is 22.2. The normalized spacial score (nSPS) is 22.9. The molecule has 4 unspecified atom stereocenters. The molecular weight excluding hydrogens is 523 g/mol. The van der Waals surface area contributed by atoms with Gasteiger partial charge in [-0.15, -0.1) is 0 Å². The summed E-state index contributed by atoms with van der Waals surface area (Å²) in [6.45, 7) is 2.45. The first-order chi connectivity index (χ1) is 18.9. The number of carbonyl (C=O) groups is 1. The number of para-hydroxylation sites is 1. The van der Waals surface area contributed by atoms with E-state index in [0.29, 0.717) is 41.3 Å². The van der Waals surface area contributed by atoms with E-state index in [2.05, 4.69) is 20.6 Å². The van der Waals surface area contributed by atoms with E-state index in [-0.39, 0.29) is 12.3 Å². The Labute approximate surface area is 230 Å². The number of hydrogen-bond donors (Lipinski definition) is 1. The fourth-order valence-electron chi connectivity index (χ4n) is 5.93. The van der Waals surface area contributed by atoms with Crippen molar-refractivity contribution in [3.05, 3.63) is 89.2 Å². The first-order valence-electron chi connectivity index (χ1n) is 13.4. The summed E-state index contributed by atoms with van der Waals surface area (Å²) in [4.78, 5) is 15.9. The number of nitrogens with zero attached hydrogens (tertiary/aromatic N) is 2. The molecule has 0 saturated carbocycles. The Balaban J connectivity index is 1.29. The van der Waals surface area contributed by atoms with E-state index in [9.17, 15) is 18.0 Å². The molecule has 1 amide bonds. The molecule has 3 aromatic carbocycles. The van der Waals surface area contributed by atoms with E-state index in [1.165, 1.54) is 24.3 Å². The smallest absolute Gasteiger partial charge is 0.225 e. The van der Waals surface area contributed by atoms with Crippen LogP contribution in [-0.2, 0) is 4.79 Å². The SMILES string of the molecule is O=C(CC(c1ccc(F)cc1)c1cc(F)cc(F)c1)Nc1cccc2c1OCC1CCN2C2CCCSN1C2.